The highest BCUT2D eigenvalue weighted by Gasteiger charge is 2.21. The number of rotatable bonds is 13. The molecule has 0 aliphatic rings. The number of hydrogen-bond donors (Lipinski definition) is 5. The zero-order valence-electron chi connectivity index (χ0n) is 18.2. The van der Waals surface area contributed by atoms with E-state index in [9.17, 15) is 19.5 Å². The third kappa shape index (κ3) is 10.5. The van der Waals surface area contributed by atoms with Crippen LogP contribution in [0.3, 0.4) is 0 Å². The van der Waals surface area contributed by atoms with E-state index in [0.717, 1.165) is 5.56 Å². The van der Waals surface area contributed by atoms with Crippen molar-refractivity contribution in [1.29, 1.82) is 0 Å². The summed E-state index contributed by atoms with van der Waals surface area (Å²) in [5.74, 6) is -0.749. The van der Waals surface area contributed by atoms with E-state index in [0.29, 0.717) is 37.2 Å². The number of nitrogens with two attached hydrogens (primary N) is 2. The summed E-state index contributed by atoms with van der Waals surface area (Å²) in [6, 6.07) is 14.9. The highest BCUT2D eigenvalue weighted by Crippen LogP contribution is 2.14. The van der Waals surface area contributed by atoms with Crippen LogP contribution in [-0.2, 0) is 27.4 Å². The van der Waals surface area contributed by atoms with Crippen molar-refractivity contribution in [2.45, 2.75) is 44.6 Å². The van der Waals surface area contributed by atoms with Crippen LogP contribution < -0.4 is 26.8 Å². The molecule has 33 heavy (non-hydrogen) atoms. The van der Waals surface area contributed by atoms with E-state index in [2.05, 4.69) is 10.6 Å². The molecular weight excluding hydrogens is 428 g/mol. The fourth-order valence-electron chi connectivity index (χ4n) is 2.90. The maximum absolute atomic E-state index is 12.0. The molecule has 0 aliphatic heterocycles. The summed E-state index contributed by atoms with van der Waals surface area (Å²) in [5.41, 5.74) is 12.1. The van der Waals surface area contributed by atoms with E-state index in [1.54, 1.807) is 36.4 Å². The molecule has 7 N–H and O–H groups in total. The minimum absolute atomic E-state index is 0.0519. The molecule has 0 bridgehead atoms. The first kappa shape index (κ1) is 25.6. The van der Waals surface area contributed by atoms with E-state index in [1.807, 2.05) is 18.2 Å². The van der Waals surface area contributed by atoms with Crippen LogP contribution in [0.4, 0.5) is 4.79 Å². The molecule has 0 aliphatic carbocycles. The third-order valence-electron chi connectivity index (χ3n) is 4.56. The highest BCUT2D eigenvalue weighted by molar-refractivity contribution is 5.80. The summed E-state index contributed by atoms with van der Waals surface area (Å²) in [4.78, 5) is 35.0. The zero-order chi connectivity index (χ0) is 24.1. The van der Waals surface area contributed by atoms with Gasteiger partial charge in [-0.15, -0.1) is 0 Å². The van der Waals surface area contributed by atoms with E-state index in [1.165, 1.54) is 0 Å². The second kappa shape index (κ2) is 13.7. The van der Waals surface area contributed by atoms with Crippen molar-refractivity contribution in [3.8, 4) is 5.75 Å². The Labute approximate surface area is 192 Å². The monoisotopic (exact) mass is 458 g/mol. The first-order valence-corrected chi connectivity index (χ1v) is 10.6. The fraction of sp³-hybridized carbons (Fsp3) is 0.348. The molecule has 2 aromatic rings. The average molecular weight is 459 g/mol. The van der Waals surface area contributed by atoms with Crippen molar-refractivity contribution in [2.24, 2.45) is 11.5 Å². The lowest BCUT2D eigenvalue weighted by Gasteiger charge is -2.15. The number of ether oxygens (including phenoxy) is 2. The van der Waals surface area contributed by atoms with Gasteiger partial charge >= 0.3 is 12.1 Å². The van der Waals surface area contributed by atoms with E-state index < -0.39 is 24.4 Å². The number of hydrogen-bond acceptors (Lipinski definition) is 7. The Morgan fingerprint density at radius 2 is 1.61 bits per heavy atom. The van der Waals surface area contributed by atoms with Gasteiger partial charge in [-0.25, -0.2) is 9.59 Å². The van der Waals surface area contributed by atoms with Crippen molar-refractivity contribution in [3.05, 3.63) is 65.7 Å². The molecule has 1 unspecified atom stereocenters. The zero-order valence-corrected chi connectivity index (χ0v) is 18.2. The maximum atomic E-state index is 12.0. The van der Waals surface area contributed by atoms with Crippen molar-refractivity contribution >= 4 is 18.0 Å². The van der Waals surface area contributed by atoms with Gasteiger partial charge in [0.05, 0.1) is 6.61 Å². The lowest BCUT2D eigenvalue weighted by Crippen LogP contribution is -2.48. The molecule has 0 fully saturated rings. The lowest BCUT2D eigenvalue weighted by molar-refractivity contribution is -0.139. The molecule has 1 atom stereocenters. The van der Waals surface area contributed by atoms with Crippen LogP contribution in [0.25, 0.3) is 0 Å². The number of carbonyl (C=O) groups is 3. The Kier molecular flexibility index (Phi) is 10.6. The van der Waals surface area contributed by atoms with Crippen LogP contribution in [-0.4, -0.2) is 42.0 Å². The van der Waals surface area contributed by atoms with E-state index in [-0.39, 0.29) is 18.9 Å². The molecule has 2 aromatic carbocycles. The number of carboxylic acid groups (broad SMARTS) is 1. The Hall–Kier alpha value is -3.63. The number of aliphatic carboxylic acids is 1. The molecule has 0 saturated carbocycles. The van der Waals surface area contributed by atoms with Crippen LogP contribution in [0.15, 0.2) is 54.6 Å². The Morgan fingerprint density at radius 1 is 0.909 bits per heavy atom. The number of benzene rings is 2. The van der Waals surface area contributed by atoms with Gasteiger partial charge in [-0.1, -0.05) is 42.5 Å². The number of carboxylic acids is 1. The lowest BCUT2D eigenvalue weighted by atomic mass is 10.1. The van der Waals surface area contributed by atoms with Crippen LogP contribution in [0.5, 0.6) is 5.75 Å². The fourth-order valence-corrected chi connectivity index (χ4v) is 2.90. The van der Waals surface area contributed by atoms with Gasteiger partial charge in [0.25, 0.3) is 0 Å². The molecule has 2 amide bonds. The Bertz CT molecular complexity index is 890. The minimum Gasteiger partial charge on any atom is -0.494 e. The third-order valence-corrected chi connectivity index (χ3v) is 4.56. The summed E-state index contributed by atoms with van der Waals surface area (Å²) >= 11 is 0. The predicted octanol–water partition coefficient (Wildman–Crippen LogP) is 1.48. The molecule has 2 rings (SSSR count). The first-order chi connectivity index (χ1) is 15.8. The van der Waals surface area contributed by atoms with Gasteiger partial charge in [-0.3, -0.25) is 16.3 Å². The van der Waals surface area contributed by atoms with Gasteiger partial charge in [0.15, 0.2) is 0 Å². The van der Waals surface area contributed by atoms with Gasteiger partial charge in [0.1, 0.15) is 24.7 Å². The summed E-state index contributed by atoms with van der Waals surface area (Å²) in [6.07, 6.45) is 0.0454. The second-order valence-corrected chi connectivity index (χ2v) is 7.34. The molecule has 178 valence electrons. The molecule has 0 saturated heterocycles. The summed E-state index contributed by atoms with van der Waals surface area (Å²) in [7, 11) is 0. The normalized spacial score (nSPS) is 11.5. The van der Waals surface area contributed by atoms with Gasteiger partial charge in [-0.2, -0.15) is 0 Å². The molecule has 0 aromatic heterocycles. The highest BCUT2D eigenvalue weighted by atomic mass is 16.5. The largest absolute Gasteiger partial charge is 0.494 e. The van der Waals surface area contributed by atoms with Crippen molar-refractivity contribution in [3.63, 3.8) is 0 Å². The van der Waals surface area contributed by atoms with Crippen LogP contribution in [0.1, 0.15) is 30.4 Å². The van der Waals surface area contributed by atoms with E-state index >= 15 is 0 Å². The summed E-state index contributed by atoms with van der Waals surface area (Å²) in [5, 5.41) is 14.2. The number of unbranched alkanes of at least 4 members (excludes halogenated alkanes) is 1. The topological polar surface area (TPSA) is 166 Å². The Balaban J connectivity index is 1.73. The molecule has 0 heterocycles. The van der Waals surface area contributed by atoms with Crippen molar-refractivity contribution < 1.29 is 29.0 Å². The smallest absolute Gasteiger partial charge is 0.408 e. The number of nitrogens with one attached hydrogen (secondary N) is 2. The van der Waals surface area contributed by atoms with Gasteiger partial charge < -0.3 is 25.2 Å². The van der Waals surface area contributed by atoms with Gasteiger partial charge in [0, 0.05) is 12.8 Å². The number of amides is 2. The van der Waals surface area contributed by atoms with Gasteiger partial charge in [-0.05, 0) is 36.1 Å². The van der Waals surface area contributed by atoms with Crippen LogP contribution in [0.2, 0.25) is 0 Å². The quantitative estimate of drug-likeness (QED) is 0.222. The average Bonchev–Trinajstić information content (AvgIpc) is 2.78. The van der Waals surface area contributed by atoms with Crippen molar-refractivity contribution in [1.82, 2.24) is 10.6 Å². The Morgan fingerprint density at radius 3 is 2.24 bits per heavy atom. The molecular formula is C23H30N4O6. The van der Waals surface area contributed by atoms with Crippen LogP contribution >= 0.6 is 0 Å². The molecule has 10 heteroatoms. The first-order valence-electron chi connectivity index (χ1n) is 10.6. The summed E-state index contributed by atoms with van der Waals surface area (Å²) < 4.78 is 10.7. The predicted molar refractivity (Wildman–Crippen MR) is 121 cm³/mol. The summed E-state index contributed by atoms with van der Waals surface area (Å²) in [6.45, 7) is 0.476. The SMILES string of the molecule is NC(N)NC(=O)CCCCOc1ccc(CC(NC(=O)OCc2ccccc2)C(=O)O)cc1. The van der Waals surface area contributed by atoms with Crippen molar-refractivity contribution in [2.75, 3.05) is 6.61 Å². The van der Waals surface area contributed by atoms with E-state index in [4.69, 9.17) is 20.9 Å². The second-order valence-electron chi connectivity index (χ2n) is 7.34. The maximum Gasteiger partial charge on any atom is 0.408 e. The molecule has 0 spiro atoms. The van der Waals surface area contributed by atoms with Crippen LogP contribution in [0, 0.1) is 0 Å². The minimum atomic E-state index is -1.16. The standard InChI is InChI=1S/C23H30N4O6/c24-22(25)27-20(28)8-4-5-13-32-18-11-9-16(10-12-18)14-19(21(29)30)26-23(31)33-15-17-6-2-1-3-7-17/h1-3,6-7,9-12,19,22H,4-5,8,13-15,24-25H2,(H,26,31)(H,27,28)(H,29,30). The van der Waals surface area contributed by atoms with Gasteiger partial charge in [0.2, 0.25) is 5.91 Å². The number of carbonyl (C=O) groups excluding carboxylic acids is 2. The molecule has 10 nitrogen and oxygen atoms in total. The molecule has 0 radical (unpaired) electrons. The number of alkyl carbamates (subject to hydrolysis) is 1.